The van der Waals surface area contributed by atoms with E-state index in [0.717, 1.165) is 40.5 Å². The number of hydrogen-bond donors (Lipinski definition) is 2. The Morgan fingerprint density at radius 1 is 0.971 bits per heavy atom. The summed E-state index contributed by atoms with van der Waals surface area (Å²) in [6, 6.07) is 18.0. The Morgan fingerprint density at radius 3 is 2.46 bits per heavy atom. The smallest absolute Gasteiger partial charge is 0.163 e. The van der Waals surface area contributed by atoms with Crippen LogP contribution >= 0.6 is 0 Å². The van der Waals surface area contributed by atoms with E-state index in [4.69, 9.17) is 4.74 Å². The Bertz CT molecular complexity index is 1280. The molecule has 1 aliphatic heterocycles. The van der Waals surface area contributed by atoms with Gasteiger partial charge in [0.05, 0.1) is 24.0 Å². The largest absolute Gasteiger partial charge is 0.493 e. The molecule has 2 N–H and O–H groups in total. The quantitative estimate of drug-likeness (QED) is 0.419. The molecule has 5 rings (SSSR count). The maximum Gasteiger partial charge on any atom is 0.163 e. The summed E-state index contributed by atoms with van der Waals surface area (Å²) in [7, 11) is 0. The Morgan fingerprint density at radius 2 is 1.71 bits per heavy atom. The van der Waals surface area contributed by atoms with Crippen molar-refractivity contribution >= 4 is 17.2 Å². The first-order valence-corrected chi connectivity index (χ1v) is 12.0. The number of nitrogens with one attached hydrogen (secondary N) is 2. The molecule has 3 aromatic carbocycles. The molecule has 3 aromatic rings. The SMILES string of the molecule is CC(C)COc1ccc(C2CC(=O)C3=C(C2)Nc2ccccc2NC3c2cc(F)ccc2F)cc1. The molecule has 2 unspecified atom stereocenters. The number of anilines is 2. The third-order valence-electron chi connectivity index (χ3n) is 6.51. The number of rotatable bonds is 5. The van der Waals surface area contributed by atoms with Gasteiger partial charge in [0.1, 0.15) is 17.4 Å². The van der Waals surface area contributed by atoms with Gasteiger partial charge in [-0.05, 0) is 66.3 Å². The van der Waals surface area contributed by atoms with Gasteiger partial charge >= 0.3 is 0 Å². The molecule has 6 heteroatoms. The second kappa shape index (κ2) is 9.53. The molecule has 1 aliphatic carbocycles. The molecule has 0 spiro atoms. The van der Waals surface area contributed by atoms with Crippen molar-refractivity contribution in [2.75, 3.05) is 17.2 Å². The average Bonchev–Trinajstić information content (AvgIpc) is 3.01. The van der Waals surface area contributed by atoms with Crippen LogP contribution in [0.5, 0.6) is 5.75 Å². The molecule has 0 saturated heterocycles. The van der Waals surface area contributed by atoms with Crippen LogP contribution in [0.3, 0.4) is 0 Å². The van der Waals surface area contributed by atoms with Gasteiger partial charge in [-0.3, -0.25) is 4.79 Å². The minimum atomic E-state index is -0.794. The van der Waals surface area contributed by atoms with E-state index in [1.54, 1.807) is 0 Å². The van der Waals surface area contributed by atoms with E-state index in [0.29, 0.717) is 24.5 Å². The molecule has 0 amide bonds. The summed E-state index contributed by atoms with van der Waals surface area (Å²) < 4.78 is 34.8. The molecular weight excluding hydrogens is 446 g/mol. The summed E-state index contributed by atoms with van der Waals surface area (Å²) in [6.07, 6.45) is 0.870. The molecule has 0 aromatic heterocycles. The van der Waals surface area contributed by atoms with Gasteiger partial charge in [0, 0.05) is 23.3 Å². The molecule has 0 fully saturated rings. The summed E-state index contributed by atoms with van der Waals surface area (Å²) in [5.41, 5.74) is 3.88. The fraction of sp³-hybridized carbons (Fsp3) is 0.276. The standard InChI is InChI=1S/C29H28F2N2O2/c1-17(2)16-35-21-10-7-18(8-11-21)19-13-26-28(27(34)14-19)29(22-15-20(30)9-12-23(22)31)33-25-6-4-3-5-24(25)32-26/h3-12,15,17,19,29,32-33H,13-14,16H2,1-2H3. The zero-order valence-electron chi connectivity index (χ0n) is 19.8. The number of carbonyl (C=O) groups is 1. The zero-order chi connectivity index (χ0) is 24.5. The predicted molar refractivity (Wildman–Crippen MR) is 134 cm³/mol. The third-order valence-corrected chi connectivity index (χ3v) is 6.51. The maximum atomic E-state index is 14.9. The van der Waals surface area contributed by atoms with Crippen molar-refractivity contribution in [3.05, 3.63) is 101 Å². The summed E-state index contributed by atoms with van der Waals surface area (Å²) in [5.74, 6) is 0.0225. The topological polar surface area (TPSA) is 50.4 Å². The lowest BCUT2D eigenvalue weighted by Gasteiger charge is -2.30. The summed E-state index contributed by atoms with van der Waals surface area (Å²) in [5, 5.41) is 6.72. The number of fused-ring (bicyclic) bond motifs is 1. The lowest BCUT2D eigenvalue weighted by Crippen LogP contribution is -2.27. The van der Waals surface area contributed by atoms with E-state index < -0.39 is 17.7 Å². The van der Waals surface area contributed by atoms with Crippen molar-refractivity contribution in [3.8, 4) is 5.75 Å². The summed E-state index contributed by atoms with van der Waals surface area (Å²) >= 11 is 0. The van der Waals surface area contributed by atoms with Gasteiger partial charge in [0.2, 0.25) is 0 Å². The lowest BCUT2D eigenvalue weighted by atomic mass is 9.78. The number of hydrogen-bond acceptors (Lipinski definition) is 4. The lowest BCUT2D eigenvalue weighted by molar-refractivity contribution is -0.116. The van der Waals surface area contributed by atoms with E-state index in [1.165, 1.54) is 6.07 Å². The van der Waals surface area contributed by atoms with Crippen LogP contribution in [0.4, 0.5) is 20.2 Å². The van der Waals surface area contributed by atoms with E-state index in [1.807, 2.05) is 48.5 Å². The number of ketones is 1. The normalized spacial score (nSPS) is 19.4. The van der Waals surface area contributed by atoms with Crippen LogP contribution in [0.25, 0.3) is 0 Å². The van der Waals surface area contributed by atoms with Crippen LogP contribution in [0.2, 0.25) is 0 Å². The van der Waals surface area contributed by atoms with Crippen molar-refractivity contribution in [3.63, 3.8) is 0 Å². The molecule has 0 saturated carbocycles. The van der Waals surface area contributed by atoms with E-state index in [2.05, 4.69) is 24.5 Å². The Balaban J connectivity index is 1.51. The van der Waals surface area contributed by atoms with Crippen LogP contribution in [0.15, 0.2) is 78.0 Å². The van der Waals surface area contributed by atoms with Gasteiger partial charge in [0.25, 0.3) is 0 Å². The highest BCUT2D eigenvalue weighted by atomic mass is 19.1. The van der Waals surface area contributed by atoms with Gasteiger partial charge in [-0.1, -0.05) is 38.1 Å². The van der Waals surface area contributed by atoms with Crippen molar-refractivity contribution in [2.45, 2.75) is 38.6 Å². The second-order valence-corrected chi connectivity index (χ2v) is 9.61. The Labute approximate surface area is 204 Å². The molecule has 180 valence electrons. The number of carbonyl (C=O) groups excluding carboxylic acids is 1. The van der Waals surface area contributed by atoms with Crippen LogP contribution in [-0.2, 0) is 4.79 Å². The maximum absolute atomic E-state index is 14.9. The van der Waals surface area contributed by atoms with Crippen LogP contribution in [-0.4, -0.2) is 12.4 Å². The Kier molecular flexibility index (Phi) is 6.29. The number of benzene rings is 3. The summed E-state index contributed by atoms with van der Waals surface area (Å²) in [6.45, 7) is 4.85. The fourth-order valence-electron chi connectivity index (χ4n) is 4.80. The average molecular weight is 475 g/mol. The third kappa shape index (κ3) is 4.78. The van der Waals surface area contributed by atoms with Gasteiger partial charge in [0.15, 0.2) is 5.78 Å². The van der Waals surface area contributed by atoms with E-state index in [9.17, 15) is 13.6 Å². The second-order valence-electron chi connectivity index (χ2n) is 9.61. The molecule has 4 nitrogen and oxygen atoms in total. The van der Waals surface area contributed by atoms with Gasteiger partial charge < -0.3 is 15.4 Å². The minimum Gasteiger partial charge on any atom is -0.493 e. The van der Waals surface area contributed by atoms with E-state index in [-0.39, 0.29) is 23.7 Å². The highest BCUT2D eigenvalue weighted by Crippen LogP contribution is 2.44. The fourth-order valence-corrected chi connectivity index (χ4v) is 4.80. The molecule has 0 radical (unpaired) electrons. The first kappa shape index (κ1) is 23.1. The molecule has 0 bridgehead atoms. The molecule has 1 heterocycles. The number of para-hydroxylation sites is 2. The predicted octanol–water partition coefficient (Wildman–Crippen LogP) is 6.98. The van der Waals surface area contributed by atoms with Gasteiger partial charge in [-0.25, -0.2) is 8.78 Å². The Hall–Kier alpha value is -3.67. The number of halogens is 2. The zero-order valence-corrected chi connectivity index (χ0v) is 19.8. The van der Waals surface area contributed by atoms with Crippen LogP contribution in [0.1, 0.15) is 49.8 Å². The monoisotopic (exact) mass is 474 g/mol. The highest BCUT2D eigenvalue weighted by molar-refractivity contribution is 6.01. The van der Waals surface area contributed by atoms with Crippen molar-refractivity contribution in [1.29, 1.82) is 0 Å². The molecule has 35 heavy (non-hydrogen) atoms. The first-order chi connectivity index (χ1) is 16.9. The minimum absolute atomic E-state index is 0.0313. The number of ether oxygens (including phenoxy) is 1. The van der Waals surface area contributed by atoms with Crippen molar-refractivity contribution in [2.24, 2.45) is 5.92 Å². The number of Topliss-reactive ketones (excluding diaryl/α,β-unsaturated/α-hetero) is 1. The highest BCUT2D eigenvalue weighted by Gasteiger charge is 2.37. The van der Waals surface area contributed by atoms with Crippen LogP contribution < -0.4 is 15.4 Å². The van der Waals surface area contributed by atoms with Gasteiger partial charge in [-0.2, -0.15) is 0 Å². The van der Waals surface area contributed by atoms with Crippen LogP contribution in [0, 0.1) is 17.6 Å². The van der Waals surface area contributed by atoms with Gasteiger partial charge in [-0.15, -0.1) is 0 Å². The molecular formula is C29H28F2N2O2. The van der Waals surface area contributed by atoms with E-state index >= 15 is 0 Å². The summed E-state index contributed by atoms with van der Waals surface area (Å²) in [4.78, 5) is 13.6. The number of allylic oxidation sites excluding steroid dienone is 1. The first-order valence-electron chi connectivity index (χ1n) is 12.0. The van der Waals surface area contributed by atoms with Crippen molar-refractivity contribution < 1.29 is 18.3 Å². The molecule has 2 aliphatic rings. The molecule has 2 atom stereocenters. The van der Waals surface area contributed by atoms with Crippen molar-refractivity contribution in [1.82, 2.24) is 0 Å².